The molecule has 0 aromatic carbocycles. The van der Waals surface area contributed by atoms with Crippen LogP contribution in [-0.2, 0) is 4.79 Å². The molecule has 0 spiro atoms. The summed E-state index contributed by atoms with van der Waals surface area (Å²) < 4.78 is 0. The second-order valence-corrected chi connectivity index (χ2v) is 3.09. The van der Waals surface area contributed by atoms with Gasteiger partial charge in [-0.15, -0.1) is 0 Å². The third kappa shape index (κ3) is 13.4. The molecule has 2 heteroatoms. The third-order valence-electron chi connectivity index (χ3n) is 2.30. The Labute approximate surface area is 111 Å². The zero-order valence-electron chi connectivity index (χ0n) is 12.8. The van der Waals surface area contributed by atoms with E-state index in [1.807, 2.05) is 53.5 Å². The minimum Gasteiger partial charge on any atom is -0.345 e. The van der Waals surface area contributed by atoms with Gasteiger partial charge in [-0.1, -0.05) is 62.3 Å². The zero-order valence-corrected chi connectivity index (χ0v) is 12.8. The van der Waals surface area contributed by atoms with Gasteiger partial charge < -0.3 is 4.90 Å². The number of carbonyl (C=O) groups excluding carboxylic acids is 1. The van der Waals surface area contributed by atoms with E-state index in [2.05, 4.69) is 6.92 Å². The fourth-order valence-corrected chi connectivity index (χ4v) is 1.43. The third-order valence-corrected chi connectivity index (χ3v) is 2.30. The molecule has 0 saturated carbocycles. The van der Waals surface area contributed by atoms with Crippen LogP contribution < -0.4 is 0 Å². The number of hydrogen-bond acceptors (Lipinski definition) is 1. The standard InChI is InChI=1S/C8H15NO.3C2H6.CH4/c1-3-7-4-5-8(10)9(2)6-7;3*1-2;/h7H,3-6H2,1-2H3;3*1-2H3;1H4. The van der Waals surface area contributed by atoms with Crippen LogP contribution in [0.5, 0.6) is 0 Å². The van der Waals surface area contributed by atoms with Gasteiger partial charge in [-0.3, -0.25) is 4.79 Å². The van der Waals surface area contributed by atoms with Gasteiger partial charge in [0.25, 0.3) is 0 Å². The van der Waals surface area contributed by atoms with Crippen molar-refractivity contribution in [3.63, 3.8) is 0 Å². The summed E-state index contributed by atoms with van der Waals surface area (Å²) in [6.45, 7) is 15.2. The summed E-state index contributed by atoms with van der Waals surface area (Å²) >= 11 is 0. The Hall–Kier alpha value is -0.530. The summed E-state index contributed by atoms with van der Waals surface area (Å²) in [6.07, 6.45) is 3.06. The first-order valence-corrected chi connectivity index (χ1v) is 6.98. The molecule has 0 radical (unpaired) electrons. The van der Waals surface area contributed by atoms with Crippen molar-refractivity contribution in [3.8, 4) is 0 Å². The Morgan fingerprint density at radius 2 is 1.53 bits per heavy atom. The predicted octanol–water partition coefficient (Wildman–Crippen LogP) is 4.98. The quantitative estimate of drug-likeness (QED) is 0.640. The van der Waals surface area contributed by atoms with Crippen LogP contribution in [0.2, 0.25) is 0 Å². The molecule has 0 aromatic rings. The summed E-state index contributed by atoms with van der Waals surface area (Å²) in [7, 11) is 1.89. The number of likely N-dealkylation sites (tertiary alicyclic amines) is 1. The highest BCUT2D eigenvalue weighted by molar-refractivity contribution is 5.76. The molecule has 1 heterocycles. The summed E-state index contributed by atoms with van der Waals surface area (Å²) in [4.78, 5) is 12.8. The Morgan fingerprint density at radius 3 is 1.82 bits per heavy atom. The average molecular weight is 247 g/mol. The molecule has 1 amide bonds. The van der Waals surface area contributed by atoms with Gasteiger partial charge in [0.2, 0.25) is 5.91 Å². The van der Waals surface area contributed by atoms with Crippen LogP contribution in [0.3, 0.4) is 0 Å². The normalized spacial score (nSPS) is 17.1. The lowest BCUT2D eigenvalue weighted by Crippen LogP contribution is -2.36. The Morgan fingerprint density at radius 1 is 1.12 bits per heavy atom. The van der Waals surface area contributed by atoms with Crippen LogP contribution in [-0.4, -0.2) is 24.4 Å². The second-order valence-electron chi connectivity index (χ2n) is 3.09. The average Bonchev–Trinajstić information content (AvgIpc) is 2.40. The second kappa shape index (κ2) is 20.8. The molecule has 1 saturated heterocycles. The Balaban J connectivity index is -0.000000106. The zero-order chi connectivity index (χ0) is 13.6. The molecule has 17 heavy (non-hydrogen) atoms. The number of nitrogens with zero attached hydrogens (tertiary/aromatic N) is 1. The van der Waals surface area contributed by atoms with Gasteiger partial charge in [-0.25, -0.2) is 0 Å². The molecule has 108 valence electrons. The van der Waals surface area contributed by atoms with Gasteiger partial charge >= 0.3 is 0 Å². The molecule has 1 fully saturated rings. The first-order chi connectivity index (χ1) is 7.74. The van der Waals surface area contributed by atoms with Gasteiger partial charge in [-0.2, -0.15) is 0 Å². The smallest absolute Gasteiger partial charge is 0.222 e. The van der Waals surface area contributed by atoms with E-state index in [4.69, 9.17) is 0 Å². The van der Waals surface area contributed by atoms with E-state index in [1.165, 1.54) is 6.42 Å². The fraction of sp³-hybridized carbons (Fsp3) is 0.933. The summed E-state index contributed by atoms with van der Waals surface area (Å²) in [5.41, 5.74) is 0. The van der Waals surface area contributed by atoms with Crippen LogP contribution in [0.15, 0.2) is 0 Å². The highest BCUT2D eigenvalue weighted by Crippen LogP contribution is 2.18. The van der Waals surface area contributed by atoms with E-state index >= 15 is 0 Å². The van der Waals surface area contributed by atoms with Crippen molar-refractivity contribution in [1.82, 2.24) is 4.90 Å². The molecular weight excluding hydrogens is 210 g/mol. The SMILES string of the molecule is C.CC.CC.CC.CCC1CCC(=O)N(C)C1. The summed E-state index contributed by atoms with van der Waals surface area (Å²) in [6, 6.07) is 0. The predicted molar refractivity (Wildman–Crippen MR) is 81.4 cm³/mol. The van der Waals surface area contributed by atoms with E-state index in [9.17, 15) is 4.79 Å². The van der Waals surface area contributed by atoms with Crippen LogP contribution in [0.4, 0.5) is 0 Å². The molecule has 1 rings (SSSR count). The van der Waals surface area contributed by atoms with Crippen molar-refractivity contribution in [2.75, 3.05) is 13.6 Å². The van der Waals surface area contributed by atoms with Crippen LogP contribution in [0, 0.1) is 5.92 Å². The van der Waals surface area contributed by atoms with Crippen molar-refractivity contribution >= 4 is 5.91 Å². The first kappa shape index (κ1) is 25.3. The maximum Gasteiger partial charge on any atom is 0.222 e. The van der Waals surface area contributed by atoms with E-state index in [-0.39, 0.29) is 7.43 Å². The summed E-state index contributed by atoms with van der Waals surface area (Å²) in [5, 5.41) is 0. The van der Waals surface area contributed by atoms with Crippen LogP contribution >= 0.6 is 0 Å². The number of rotatable bonds is 1. The van der Waals surface area contributed by atoms with Crippen molar-refractivity contribution in [2.45, 2.75) is 75.2 Å². The number of amides is 1. The molecule has 1 aliphatic rings. The number of carbonyl (C=O) groups is 1. The largest absolute Gasteiger partial charge is 0.345 e. The molecule has 1 aliphatic heterocycles. The highest BCUT2D eigenvalue weighted by atomic mass is 16.2. The maximum absolute atomic E-state index is 11.0. The Bertz CT molecular complexity index is 135. The molecule has 0 aliphatic carbocycles. The molecule has 0 aromatic heterocycles. The highest BCUT2D eigenvalue weighted by Gasteiger charge is 2.20. The van der Waals surface area contributed by atoms with Crippen LogP contribution in [0.25, 0.3) is 0 Å². The lowest BCUT2D eigenvalue weighted by molar-refractivity contribution is -0.133. The van der Waals surface area contributed by atoms with Crippen molar-refractivity contribution in [1.29, 1.82) is 0 Å². The van der Waals surface area contributed by atoms with E-state index in [0.29, 0.717) is 5.91 Å². The van der Waals surface area contributed by atoms with E-state index < -0.39 is 0 Å². The van der Waals surface area contributed by atoms with Crippen molar-refractivity contribution < 1.29 is 4.79 Å². The van der Waals surface area contributed by atoms with Gasteiger partial charge in [0.15, 0.2) is 0 Å². The van der Waals surface area contributed by atoms with Crippen molar-refractivity contribution in [3.05, 3.63) is 0 Å². The van der Waals surface area contributed by atoms with Gasteiger partial charge in [0.05, 0.1) is 0 Å². The molecule has 0 bridgehead atoms. The first-order valence-electron chi connectivity index (χ1n) is 6.98. The van der Waals surface area contributed by atoms with Crippen molar-refractivity contribution in [2.24, 2.45) is 5.92 Å². The van der Waals surface area contributed by atoms with Gasteiger partial charge in [-0.05, 0) is 12.3 Å². The van der Waals surface area contributed by atoms with Gasteiger partial charge in [0.1, 0.15) is 0 Å². The fourth-order valence-electron chi connectivity index (χ4n) is 1.43. The summed E-state index contributed by atoms with van der Waals surface area (Å²) in [5.74, 6) is 1.06. The van der Waals surface area contributed by atoms with Crippen LogP contribution in [0.1, 0.15) is 75.2 Å². The maximum atomic E-state index is 11.0. The van der Waals surface area contributed by atoms with E-state index in [1.54, 1.807) is 0 Å². The number of piperidine rings is 1. The van der Waals surface area contributed by atoms with Gasteiger partial charge in [0, 0.05) is 20.0 Å². The molecular formula is C15H37NO. The molecule has 1 atom stereocenters. The lowest BCUT2D eigenvalue weighted by atomic mass is 9.96. The Kier molecular flexibility index (Phi) is 31.1. The topological polar surface area (TPSA) is 20.3 Å². The van der Waals surface area contributed by atoms with E-state index in [0.717, 1.165) is 25.3 Å². The number of hydrogen-bond donors (Lipinski definition) is 0. The minimum atomic E-state index is 0. The molecule has 2 nitrogen and oxygen atoms in total. The monoisotopic (exact) mass is 247 g/mol. The minimum absolute atomic E-state index is 0. The lowest BCUT2D eigenvalue weighted by Gasteiger charge is -2.28. The molecule has 1 unspecified atom stereocenters. The molecule has 0 N–H and O–H groups in total.